The van der Waals surface area contributed by atoms with Gasteiger partial charge in [0.25, 0.3) is 10.1 Å². The molecule has 2 aromatic carbocycles. The number of rotatable bonds is 36. The number of nitrogens with two attached hydrogens (primary N) is 3. The Balaban J connectivity index is 1.33. The highest BCUT2D eigenvalue weighted by Gasteiger charge is 2.46. The number of ether oxygens (including phenoxy) is 1. The summed E-state index contributed by atoms with van der Waals surface area (Å²) < 4.78 is 42.6. The molecule has 0 spiro atoms. The lowest BCUT2D eigenvalue weighted by Crippen LogP contribution is -2.64. The maximum absolute atomic E-state index is 15.3. The monoisotopic (exact) mass is 1680 g/mol. The number of nitrogens with zero attached hydrogens (tertiary/aromatic N) is 3. The molecule has 20 N–H and O–H groups in total. The smallest absolute Gasteiger partial charge is 0.329 e. The van der Waals surface area contributed by atoms with Crippen LogP contribution in [0.25, 0.3) is 10.9 Å². The van der Waals surface area contributed by atoms with Crippen LogP contribution in [0.2, 0.25) is 0 Å². The molecule has 14 atom stereocenters. The number of H-pyrrole nitrogens is 1. The zero-order valence-electron chi connectivity index (χ0n) is 64.8. The van der Waals surface area contributed by atoms with Crippen LogP contribution in [0.15, 0.2) is 64.2 Å². The summed E-state index contributed by atoms with van der Waals surface area (Å²) in [6, 6.07) is -7.44. The van der Waals surface area contributed by atoms with Crippen LogP contribution < -0.4 is 75.7 Å². The lowest BCUT2D eigenvalue weighted by atomic mass is 9.80. The number of cyclic esters (lactones) is 1. The van der Waals surface area contributed by atoms with Gasteiger partial charge in [-0.15, -0.1) is 0 Å². The Labute approximate surface area is 666 Å². The van der Waals surface area contributed by atoms with Crippen molar-refractivity contribution in [1.29, 1.82) is 0 Å². The minimum atomic E-state index is -5.40. The number of carbonyl (C=O) groups excluding carboxylic acids is 15. The number of primary amides is 1. The van der Waals surface area contributed by atoms with Gasteiger partial charge in [0.15, 0.2) is 5.96 Å². The summed E-state index contributed by atoms with van der Waals surface area (Å²) in [5, 5.41) is 37.9. The van der Waals surface area contributed by atoms with E-state index in [1.165, 1.54) is 11.8 Å². The zero-order valence-corrected chi connectivity index (χ0v) is 67.2. The fraction of sp³-hybridized carbons (Fsp3) is 0.575. The lowest BCUT2D eigenvalue weighted by Gasteiger charge is -2.36. The number of nitrogens with one attached hydrogen (secondary N) is 12. The van der Waals surface area contributed by atoms with E-state index in [-0.39, 0.29) is 64.6 Å². The quantitative estimate of drug-likeness (QED) is 0.00691. The predicted octanol–water partition coefficient (Wildman–Crippen LogP) is -2.94. The Morgan fingerprint density at radius 1 is 0.746 bits per heavy atom. The number of aliphatic carboxylic acids is 1. The fourth-order valence-corrected chi connectivity index (χ4v) is 14.2. The van der Waals surface area contributed by atoms with Crippen LogP contribution in [0.4, 0.5) is 0 Å². The lowest BCUT2D eigenvalue weighted by molar-refractivity contribution is -0.159. The van der Waals surface area contributed by atoms with Crippen molar-refractivity contribution >= 4 is 138 Å². The summed E-state index contributed by atoms with van der Waals surface area (Å²) in [6.45, 7) is 13.6. The maximum atomic E-state index is 15.3. The molecule has 3 aliphatic rings. The van der Waals surface area contributed by atoms with Gasteiger partial charge in [-0.3, -0.25) is 81.5 Å². The second-order valence-electron chi connectivity index (χ2n) is 29.8. The van der Waals surface area contributed by atoms with Gasteiger partial charge in [0.05, 0.1) is 6.42 Å². The molecule has 0 bridgehead atoms. The zero-order chi connectivity index (χ0) is 84.8. The van der Waals surface area contributed by atoms with Gasteiger partial charge >= 0.3 is 11.9 Å². The van der Waals surface area contributed by atoms with Crippen molar-refractivity contribution in [2.24, 2.45) is 39.4 Å². The minimum Gasteiger partial charge on any atom is -0.481 e. The van der Waals surface area contributed by atoms with Gasteiger partial charge in [-0.1, -0.05) is 94.7 Å². The number of carbonyl (C=O) groups is 16. The molecule has 6 rings (SSSR count). The van der Waals surface area contributed by atoms with Gasteiger partial charge in [0, 0.05) is 60.5 Å². The number of aliphatic imine (C=N–C) groups is 1. The molecule has 4 unspecified atom stereocenters. The normalized spacial score (nSPS) is 21.0. The number of guanidine groups is 1. The summed E-state index contributed by atoms with van der Waals surface area (Å²) in [7, 11) is -5.40. The van der Waals surface area contributed by atoms with E-state index in [1.54, 1.807) is 103 Å². The van der Waals surface area contributed by atoms with Gasteiger partial charge < -0.3 is 100 Å². The maximum Gasteiger partial charge on any atom is 0.329 e. The van der Waals surface area contributed by atoms with E-state index in [4.69, 9.17) is 21.9 Å². The molecule has 114 heavy (non-hydrogen) atoms. The second kappa shape index (κ2) is 41.8. The number of aromatic nitrogens is 1. The largest absolute Gasteiger partial charge is 0.481 e. The third-order valence-corrected chi connectivity index (χ3v) is 21.3. The fourth-order valence-electron chi connectivity index (χ4n) is 13.3. The molecule has 3 saturated heterocycles. The molecule has 41 heteroatoms. The first kappa shape index (κ1) is 92.0. The average molecular weight is 1680 g/mol. The Morgan fingerprint density at radius 3 is 2.00 bits per heavy atom. The predicted molar refractivity (Wildman–Crippen MR) is 414 cm³/mol. The summed E-state index contributed by atoms with van der Waals surface area (Å²) in [5.74, 6) is -20.0. The van der Waals surface area contributed by atoms with Crippen LogP contribution in [0.1, 0.15) is 138 Å². The van der Waals surface area contributed by atoms with Crippen LogP contribution in [0, 0.1) is 17.3 Å². The number of carboxylic acids is 1. The number of amides is 14. The number of aromatic amines is 1. The first-order valence-electron chi connectivity index (χ1n) is 37.4. The number of likely N-dealkylation sites (tertiary alicyclic amines) is 1. The molecule has 39 nitrogen and oxygen atoms in total. The van der Waals surface area contributed by atoms with Crippen molar-refractivity contribution < 1.29 is 99.5 Å². The molecule has 1 aromatic heterocycles. The van der Waals surface area contributed by atoms with Crippen molar-refractivity contribution in [2.45, 2.75) is 224 Å². The Bertz CT molecular complexity index is 4190. The molecule has 14 amide bonds. The third kappa shape index (κ3) is 26.4. The van der Waals surface area contributed by atoms with Crippen molar-refractivity contribution in [1.82, 2.24) is 73.3 Å². The van der Waals surface area contributed by atoms with E-state index in [0.717, 1.165) is 16.3 Å². The van der Waals surface area contributed by atoms with Gasteiger partial charge in [0.1, 0.15) is 90.4 Å². The molecular weight excluding hydrogens is 1580 g/mol. The number of esters is 1. The van der Waals surface area contributed by atoms with E-state index >= 15 is 9.59 Å². The highest BCUT2D eigenvalue weighted by Crippen LogP contribution is 2.29. The number of halogens is 1. The van der Waals surface area contributed by atoms with Gasteiger partial charge in [-0.05, 0) is 112 Å². The molecule has 626 valence electrons. The standard InChI is InChI=1S/C73H105BrN18O21S/c1-10-73(8,9)58(90-66(104)55(36(2)3)87-65(103)52-20-14-28-91(52)69(107)48(84-59(97)38(6)80-35-93)30-40-21-23-42(74)24-22-40)68(106)83-47(31-41-33-79-44-17-12-11-16-43(41)44)62(100)81-45(18-13-27-78-72(76)77)60(98)86-50(34-114(110,111)112)63(101)89-57-39(7)113-71(109)49(32-54(95)96)85-64(102)51-19-15-29-92(51)70(108)56(37(4)5)88-61(99)46(82-67(57)105)25-26-53(75)94/h11-12,16-17,21-24,33,35-39,45-52,55-58,79H,10,13-15,18-20,25-32,34H2,1-9H3,(H2,75,94)(H,80,93)(H,81,100)(H,82,105)(H,83,106)(H,84,97)(H,85,102)(H,86,98)(H,87,103)(H,88,99)(H,89,101)(H,90,104)(H,95,96)(H4,76,77,78)(H,110,111,112)/t38-,39-,45+,46?,47-,48+,49?,50-,51+,52+,55-,56?,57?,58-/m1/s1. The van der Waals surface area contributed by atoms with Gasteiger partial charge in [-0.2, -0.15) is 8.42 Å². The summed E-state index contributed by atoms with van der Waals surface area (Å²) in [5.41, 5.74) is 17.2. The number of carboxylic acid groups (broad SMARTS) is 1. The van der Waals surface area contributed by atoms with Crippen LogP contribution in [0.5, 0.6) is 0 Å². The molecular formula is C73H105BrN18O21S. The number of benzene rings is 2. The van der Waals surface area contributed by atoms with E-state index in [2.05, 4.69) is 84.4 Å². The molecule has 3 fully saturated rings. The molecule has 3 aromatic rings. The molecule has 3 aliphatic heterocycles. The van der Waals surface area contributed by atoms with Gasteiger partial charge in [0.2, 0.25) is 83.2 Å². The first-order valence-corrected chi connectivity index (χ1v) is 39.8. The summed E-state index contributed by atoms with van der Waals surface area (Å²) in [4.78, 5) is 234. The third-order valence-electron chi connectivity index (χ3n) is 20.0. The van der Waals surface area contributed by atoms with Crippen LogP contribution in [0.3, 0.4) is 0 Å². The van der Waals surface area contributed by atoms with Crippen LogP contribution in [-0.2, 0) is 104 Å². The van der Waals surface area contributed by atoms with Crippen LogP contribution in [-0.4, -0.2) is 244 Å². The van der Waals surface area contributed by atoms with Crippen molar-refractivity contribution in [3.8, 4) is 0 Å². The first-order chi connectivity index (χ1) is 53.5. The Hall–Kier alpha value is -10.8. The Kier molecular flexibility index (Phi) is 33.7. The van der Waals surface area contributed by atoms with E-state index in [1.807, 2.05) is 0 Å². The topological polar surface area (TPSA) is 602 Å². The van der Waals surface area contributed by atoms with Crippen molar-refractivity contribution in [3.63, 3.8) is 0 Å². The summed E-state index contributed by atoms with van der Waals surface area (Å²) >= 11 is 3.39. The number of fused-ring (bicyclic) bond motifs is 2. The Morgan fingerprint density at radius 2 is 1.38 bits per heavy atom. The molecule has 4 heterocycles. The highest BCUT2D eigenvalue weighted by atomic mass is 79.9. The van der Waals surface area contributed by atoms with E-state index in [0.29, 0.717) is 34.9 Å². The molecule has 0 radical (unpaired) electrons. The number of hydrogen-bond acceptors (Lipinski definition) is 20. The molecule has 0 saturated carbocycles. The number of hydrogen-bond donors (Lipinski definition) is 17. The highest BCUT2D eigenvalue weighted by molar-refractivity contribution is 9.10. The number of para-hydroxylation sites is 1. The van der Waals surface area contributed by atoms with Gasteiger partial charge in [-0.25, -0.2) is 4.79 Å². The second-order valence-corrected chi connectivity index (χ2v) is 32.2. The molecule has 0 aliphatic carbocycles. The average Bonchev–Trinajstić information content (AvgIpc) is 1.54. The SMILES string of the molecule is CCC(C)(C)[C@H](NC(=O)[C@H](NC(=O)[C@@H]1CCCN1C(=O)[C@H](Cc1ccc(Br)cc1)NC(=O)[C@@H](C)NC=O)C(C)C)C(=O)N[C@H](Cc1c[nH]c2ccccc12)C(=O)N[C@@H](CCCN=C(N)N)C(=O)N[C@H](CS(=O)(=O)O)C(=O)NC1C(=O)NC(CCC(N)=O)C(=O)NC(C(C)C)C(=O)N2CCC[C@H]2C(=O)NC(CC(=O)O)C(=O)O[C@@H]1C. The van der Waals surface area contributed by atoms with Crippen molar-refractivity contribution in [2.75, 3.05) is 25.4 Å². The van der Waals surface area contributed by atoms with E-state index in [9.17, 15) is 85.2 Å². The summed E-state index contributed by atoms with van der Waals surface area (Å²) in [6.07, 6.45) is -2.41. The van der Waals surface area contributed by atoms with Crippen molar-refractivity contribution in [3.05, 3.63) is 70.3 Å². The van der Waals surface area contributed by atoms with Crippen LogP contribution >= 0.6 is 15.9 Å². The van der Waals surface area contributed by atoms with E-state index < -0.39 is 238 Å². The minimum absolute atomic E-state index is 0.00401.